The summed E-state index contributed by atoms with van der Waals surface area (Å²) in [6, 6.07) is 0. The highest BCUT2D eigenvalue weighted by molar-refractivity contribution is 4.86. The zero-order valence-electron chi connectivity index (χ0n) is 11.6. The van der Waals surface area contributed by atoms with Crippen molar-refractivity contribution in [3.63, 3.8) is 0 Å². The van der Waals surface area contributed by atoms with Crippen LogP contribution in [0.1, 0.15) is 39.5 Å². The minimum atomic E-state index is -0.203. The van der Waals surface area contributed by atoms with Gasteiger partial charge in [0.2, 0.25) is 0 Å². The predicted octanol–water partition coefficient (Wildman–Crippen LogP) is 1.01. The van der Waals surface area contributed by atoms with E-state index in [0.29, 0.717) is 5.92 Å². The van der Waals surface area contributed by atoms with E-state index >= 15 is 0 Å². The highest BCUT2D eigenvalue weighted by Crippen LogP contribution is 2.28. The molecule has 0 bridgehead atoms. The first-order valence-corrected chi connectivity index (χ1v) is 7.19. The Morgan fingerprint density at radius 2 is 2.00 bits per heavy atom. The first-order chi connectivity index (χ1) is 8.50. The van der Waals surface area contributed by atoms with E-state index in [2.05, 4.69) is 18.7 Å². The summed E-state index contributed by atoms with van der Waals surface area (Å²) >= 11 is 0. The lowest BCUT2D eigenvalue weighted by molar-refractivity contribution is -0.153. The van der Waals surface area contributed by atoms with Crippen LogP contribution in [0.5, 0.6) is 0 Å². The minimum Gasteiger partial charge on any atom is -0.394 e. The van der Waals surface area contributed by atoms with E-state index in [1.807, 2.05) is 0 Å². The number of hydrogen-bond donors (Lipinski definition) is 2. The fourth-order valence-electron chi connectivity index (χ4n) is 3.38. The molecule has 0 radical (unpaired) electrons. The number of aliphatic hydroxyl groups is 2. The van der Waals surface area contributed by atoms with Gasteiger partial charge < -0.3 is 14.9 Å². The Labute approximate surface area is 110 Å². The van der Waals surface area contributed by atoms with Crippen LogP contribution in [-0.4, -0.2) is 59.2 Å². The quantitative estimate of drug-likeness (QED) is 0.792. The molecule has 0 aromatic heterocycles. The number of nitrogens with zero attached hydrogens (tertiary/aromatic N) is 1. The third-order valence-corrected chi connectivity index (χ3v) is 4.12. The average Bonchev–Trinajstić information content (AvgIpc) is 2.30. The summed E-state index contributed by atoms with van der Waals surface area (Å²) in [5.74, 6) is 0.395. The van der Waals surface area contributed by atoms with Crippen LogP contribution in [0.25, 0.3) is 0 Å². The smallest absolute Gasteiger partial charge is 0.0940 e. The van der Waals surface area contributed by atoms with E-state index in [0.717, 1.165) is 38.9 Å². The molecule has 1 aliphatic heterocycles. The largest absolute Gasteiger partial charge is 0.394 e. The molecule has 4 heteroatoms. The van der Waals surface area contributed by atoms with Crippen LogP contribution in [0.4, 0.5) is 0 Å². The minimum absolute atomic E-state index is 0.0765. The Bertz CT molecular complexity index is 270. The van der Waals surface area contributed by atoms with Crippen molar-refractivity contribution < 1.29 is 14.9 Å². The zero-order valence-corrected chi connectivity index (χ0v) is 11.6. The van der Waals surface area contributed by atoms with Crippen molar-refractivity contribution in [2.45, 2.75) is 57.3 Å². The summed E-state index contributed by atoms with van der Waals surface area (Å²) in [6.45, 7) is 6.81. The maximum absolute atomic E-state index is 10.0. The van der Waals surface area contributed by atoms with E-state index < -0.39 is 0 Å². The summed E-state index contributed by atoms with van der Waals surface area (Å²) in [5.41, 5.74) is -0.203. The summed E-state index contributed by atoms with van der Waals surface area (Å²) in [6.07, 6.45) is 4.24. The maximum Gasteiger partial charge on any atom is 0.0940 e. The summed E-state index contributed by atoms with van der Waals surface area (Å²) < 4.78 is 5.82. The molecule has 3 atom stereocenters. The molecule has 3 unspecified atom stereocenters. The van der Waals surface area contributed by atoms with Crippen molar-refractivity contribution in [1.29, 1.82) is 0 Å². The second kappa shape index (κ2) is 5.87. The maximum atomic E-state index is 10.0. The summed E-state index contributed by atoms with van der Waals surface area (Å²) in [5, 5.41) is 19.3. The molecule has 1 heterocycles. The number of ether oxygens (including phenoxy) is 1. The lowest BCUT2D eigenvalue weighted by atomic mass is 9.86. The van der Waals surface area contributed by atoms with Crippen molar-refractivity contribution in [2.75, 3.05) is 26.2 Å². The van der Waals surface area contributed by atoms with E-state index in [1.165, 1.54) is 6.42 Å². The topological polar surface area (TPSA) is 52.9 Å². The van der Waals surface area contributed by atoms with Gasteiger partial charge in [-0.2, -0.15) is 0 Å². The second-order valence-electron chi connectivity index (χ2n) is 6.49. The van der Waals surface area contributed by atoms with Crippen LogP contribution in [0, 0.1) is 5.92 Å². The summed E-state index contributed by atoms with van der Waals surface area (Å²) in [7, 11) is 0. The lowest BCUT2D eigenvalue weighted by Gasteiger charge is -2.44. The fraction of sp³-hybridized carbons (Fsp3) is 1.00. The van der Waals surface area contributed by atoms with E-state index in [-0.39, 0.29) is 24.4 Å². The van der Waals surface area contributed by atoms with Crippen LogP contribution in [0.2, 0.25) is 0 Å². The van der Waals surface area contributed by atoms with Crippen molar-refractivity contribution in [3.8, 4) is 0 Å². The van der Waals surface area contributed by atoms with Gasteiger partial charge in [-0.25, -0.2) is 0 Å². The Kier molecular flexibility index (Phi) is 4.64. The molecule has 4 nitrogen and oxygen atoms in total. The summed E-state index contributed by atoms with van der Waals surface area (Å²) in [4.78, 5) is 2.35. The molecule has 2 aliphatic rings. The van der Waals surface area contributed by atoms with Crippen LogP contribution in [-0.2, 0) is 4.74 Å². The van der Waals surface area contributed by atoms with Gasteiger partial charge >= 0.3 is 0 Å². The van der Waals surface area contributed by atoms with Gasteiger partial charge in [0.15, 0.2) is 0 Å². The van der Waals surface area contributed by atoms with Crippen molar-refractivity contribution in [1.82, 2.24) is 4.90 Å². The Morgan fingerprint density at radius 3 is 2.67 bits per heavy atom. The van der Waals surface area contributed by atoms with E-state index in [1.54, 1.807) is 0 Å². The van der Waals surface area contributed by atoms with Crippen LogP contribution in [0.3, 0.4) is 0 Å². The standard InChI is InChI=1S/C14H27NO3/c1-14(2)10-15(8-12(9-16)18-14)7-11-5-3-4-6-13(11)17/h11-13,16-17H,3-10H2,1-2H3. The molecule has 18 heavy (non-hydrogen) atoms. The molecule has 1 saturated heterocycles. The number of hydrogen-bond acceptors (Lipinski definition) is 4. The van der Waals surface area contributed by atoms with Gasteiger partial charge in [-0.15, -0.1) is 0 Å². The van der Waals surface area contributed by atoms with E-state index in [4.69, 9.17) is 4.74 Å². The van der Waals surface area contributed by atoms with Gasteiger partial charge in [-0.3, -0.25) is 4.90 Å². The molecule has 0 aromatic rings. The van der Waals surface area contributed by atoms with Gasteiger partial charge in [0.1, 0.15) is 0 Å². The normalized spacial score (nSPS) is 37.7. The Hall–Kier alpha value is -0.160. The molecule has 2 fully saturated rings. The van der Waals surface area contributed by atoms with Crippen LogP contribution >= 0.6 is 0 Å². The molecule has 0 aromatic carbocycles. The van der Waals surface area contributed by atoms with Crippen LogP contribution < -0.4 is 0 Å². The van der Waals surface area contributed by atoms with Crippen molar-refractivity contribution in [3.05, 3.63) is 0 Å². The lowest BCUT2D eigenvalue weighted by Crippen LogP contribution is -2.55. The highest BCUT2D eigenvalue weighted by atomic mass is 16.5. The van der Waals surface area contributed by atoms with Gasteiger partial charge in [-0.05, 0) is 32.6 Å². The molecule has 106 valence electrons. The van der Waals surface area contributed by atoms with Crippen molar-refractivity contribution >= 4 is 0 Å². The molecule has 0 amide bonds. The monoisotopic (exact) mass is 257 g/mol. The van der Waals surface area contributed by atoms with Gasteiger partial charge in [0, 0.05) is 19.6 Å². The Morgan fingerprint density at radius 1 is 1.28 bits per heavy atom. The second-order valence-corrected chi connectivity index (χ2v) is 6.49. The first kappa shape index (κ1) is 14.3. The molecule has 2 rings (SSSR count). The fourth-order valence-corrected chi connectivity index (χ4v) is 3.38. The molecule has 1 aliphatic carbocycles. The van der Waals surface area contributed by atoms with Gasteiger partial charge in [0.05, 0.1) is 24.4 Å². The molecule has 1 saturated carbocycles. The SMILES string of the molecule is CC1(C)CN(CC2CCCCC2O)CC(CO)O1. The van der Waals surface area contributed by atoms with E-state index in [9.17, 15) is 10.2 Å². The Balaban J connectivity index is 1.91. The number of rotatable bonds is 3. The average molecular weight is 257 g/mol. The molecular formula is C14H27NO3. The van der Waals surface area contributed by atoms with Crippen LogP contribution in [0.15, 0.2) is 0 Å². The third kappa shape index (κ3) is 3.67. The van der Waals surface area contributed by atoms with Crippen molar-refractivity contribution in [2.24, 2.45) is 5.92 Å². The molecular weight excluding hydrogens is 230 g/mol. The number of aliphatic hydroxyl groups excluding tert-OH is 2. The van der Waals surface area contributed by atoms with Gasteiger partial charge in [-0.1, -0.05) is 12.8 Å². The molecule has 0 spiro atoms. The van der Waals surface area contributed by atoms with Gasteiger partial charge in [0.25, 0.3) is 0 Å². The predicted molar refractivity (Wildman–Crippen MR) is 70.4 cm³/mol. The number of morpholine rings is 1. The first-order valence-electron chi connectivity index (χ1n) is 7.19. The zero-order chi connectivity index (χ0) is 13.2. The highest BCUT2D eigenvalue weighted by Gasteiger charge is 2.35. The molecule has 2 N–H and O–H groups in total. The third-order valence-electron chi connectivity index (χ3n) is 4.12.